The van der Waals surface area contributed by atoms with Gasteiger partial charge in [-0.05, 0) is 49.2 Å². The van der Waals surface area contributed by atoms with Crippen LogP contribution in [0, 0.1) is 11.6 Å². The number of nitrogens with one attached hydrogen (secondary N) is 1. The number of nitrogens with zero attached hydrogens (tertiary/aromatic N) is 1. The maximum atomic E-state index is 13.2. The first kappa shape index (κ1) is 18.3. The molecule has 0 aliphatic carbocycles. The Bertz CT molecular complexity index is 979. The Morgan fingerprint density at radius 1 is 1.23 bits per heavy atom. The second-order valence-corrected chi connectivity index (χ2v) is 7.76. The SMILES string of the molecule is C[C@H]1Cc2cc(S(N)(=O)=O)ccc2N1CC(=O)Nc1ccc(F)c(F)c1. The van der Waals surface area contributed by atoms with Crippen LogP contribution in [-0.4, -0.2) is 26.9 Å². The lowest BCUT2D eigenvalue weighted by molar-refractivity contribution is -0.115. The van der Waals surface area contributed by atoms with Gasteiger partial charge < -0.3 is 10.2 Å². The zero-order chi connectivity index (χ0) is 19.1. The number of nitrogens with two attached hydrogens (primary N) is 1. The van der Waals surface area contributed by atoms with Crippen molar-refractivity contribution in [2.75, 3.05) is 16.8 Å². The highest BCUT2D eigenvalue weighted by Gasteiger charge is 2.28. The Balaban J connectivity index is 1.76. The van der Waals surface area contributed by atoms with Gasteiger partial charge >= 0.3 is 0 Å². The average Bonchev–Trinajstić information content (AvgIpc) is 2.85. The topological polar surface area (TPSA) is 92.5 Å². The fourth-order valence-electron chi connectivity index (χ4n) is 3.02. The van der Waals surface area contributed by atoms with E-state index in [-0.39, 0.29) is 23.2 Å². The summed E-state index contributed by atoms with van der Waals surface area (Å²) in [4.78, 5) is 14.1. The number of benzene rings is 2. The summed E-state index contributed by atoms with van der Waals surface area (Å²) in [6.45, 7) is 1.89. The molecule has 3 rings (SSSR count). The first-order chi connectivity index (χ1) is 12.1. The summed E-state index contributed by atoms with van der Waals surface area (Å²) in [6.07, 6.45) is 0.567. The fourth-order valence-corrected chi connectivity index (χ4v) is 3.58. The number of halogens is 2. The van der Waals surface area contributed by atoms with Crippen molar-refractivity contribution < 1.29 is 22.0 Å². The summed E-state index contributed by atoms with van der Waals surface area (Å²) in [6, 6.07) is 7.61. The number of primary sulfonamides is 1. The van der Waals surface area contributed by atoms with Gasteiger partial charge in [0.05, 0.1) is 11.4 Å². The van der Waals surface area contributed by atoms with Crippen molar-refractivity contribution in [1.29, 1.82) is 0 Å². The van der Waals surface area contributed by atoms with Gasteiger partial charge in [0.1, 0.15) is 0 Å². The molecule has 6 nitrogen and oxygen atoms in total. The number of hydrogen-bond donors (Lipinski definition) is 2. The molecular formula is C17H17F2N3O3S. The molecule has 0 radical (unpaired) electrons. The molecule has 1 aliphatic heterocycles. The molecule has 9 heteroatoms. The molecule has 3 N–H and O–H groups in total. The third-order valence-corrected chi connectivity index (χ3v) is 5.16. The van der Waals surface area contributed by atoms with Crippen molar-refractivity contribution in [3.63, 3.8) is 0 Å². The average molecular weight is 381 g/mol. The molecule has 0 unspecified atom stereocenters. The van der Waals surface area contributed by atoms with E-state index in [4.69, 9.17) is 5.14 Å². The van der Waals surface area contributed by atoms with Crippen LogP contribution in [0.2, 0.25) is 0 Å². The molecule has 0 aromatic heterocycles. The van der Waals surface area contributed by atoms with E-state index in [0.29, 0.717) is 6.42 Å². The van der Waals surface area contributed by atoms with E-state index in [9.17, 15) is 22.0 Å². The van der Waals surface area contributed by atoms with E-state index >= 15 is 0 Å². The molecular weight excluding hydrogens is 364 g/mol. The lowest BCUT2D eigenvalue weighted by Gasteiger charge is -2.24. The highest BCUT2D eigenvalue weighted by Crippen LogP contribution is 2.33. The monoisotopic (exact) mass is 381 g/mol. The number of fused-ring (bicyclic) bond motifs is 1. The molecule has 0 saturated heterocycles. The Kier molecular flexibility index (Phi) is 4.68. The van der Waals surface area contributed by atoms with Gasteiger partial charge in [0.15, 0.2) is 11.6 Å². The minimum Gasteiger partial charge on any atom is -0.359 e. The van der Waals surface area contributed by atoms with E-state index < -0.39 is 27.6 Å². The quantitative estimate of drug-likeness (QED) is 0.847. The van der Waals surface area contributed by atoms with Crippen molar-refractivity contribution in [2.24, 2.45) is 5.14 Å². The van der Waals surface area contributed by atoms with Gasteiger partial charge in [-0.2, -0.15) is 0 Å². The van der Waals surface area contributed by atoms with Gasteiger partial charge in [0.2, 0.25) is 15.9 Å². The van der Waals surface area contributed by atoms with Crippen LogP contribution >= 0.6 is 0 Å². The molecule has 138 valence electrons. The van der Waals surface area contributed by atoms with Crippen LogP contribution in [0.25, 0.3) is 0 Å². The molecule has 1 heterocycles. The van der Waals surface area contributed by atoms with Crippen molar-refractivity contribution in [3.05, 3.63) is 53.6 Å². The highest BCUT2D eigenvalue weighted by molar-refractivity contribution is 7.89. The minimum absolute atomic E-state index is 0.0120. The normalized spacial score (nSPS) is 16.5. The number of sulfonamides is 1. The Labute approximate surface area is 149 Å². The Morgan fingerprint density at radius 2 is 1.96 bits per heavy atom. The van der Waals surface area contributed by atoms with E-state index in [1.54, 1.807) is 6.07 Å². The van der Waals surface area contributed by atoms with Crippen LogP contribution < -0.4 is 15.4 Å². The van der Waals surface area contributed by atoms with Crippen molar-refractivity contribution in [3.8, 4) is 0 Å². The van der Waals surface area contributed by atoms with E-state index in [1.807, 2.05) is 11.8 Å². The molecule has 1 aliphatic rings. The predicted octanol–water partition coefficient (Wildman–Crippen LogP) is 2.00. The molecule has 1 amide bonds. The Morgan fingerprint density at radius 3 is 2.62 bits per heavy atom. The number of hydrogen-bond acceptors (Lipinski definition) is 4. The highest BCUT2D eigenvalue weighted by atomic mass is 32.2. The number of amides is 1. The first-order valence-electron chi connectivity index (χ1n) is 7.82. The molecule has 0 bridgehead atoms. The number of carbonyl (C=O) groups excluding carboxylic acids is 1. The van der Waals surface area contributed by atoms with Gasteiger partial charge in [0.25, 0.3) is 0 Å². The maximum absolute atomic E-state index is 13.2. The predicted molar refractivity (Wildman–Crippen MR) is 93.3 cm³/mol. The summed E-state index contributed by atoms with van der Waals surface area (Å²) in [5, 5.41) is 7.67. The largest absolute Gasteiger partial charge is 0.359 e. The third kappa shape index (κ3) is 3.68. The standard InChI is InChI=1S/C17H17F2N3O3S/c1-10-6-11-7-13(26(20,24)25)3-5-16(11)22(10)9-17(23)21-12-2-4-14(18)15(19)8-12/h2-5,7-8,10H,6,9H2,1H3,(H,21,23)(H2,20,24,25)/t10-/m0/s1. The molecule has 0 fully saturated rings. The van der Waals surface area contributed by atoms with Crippen LogP contribution in [0.3, 0.4) is 0 Å². The third-order valence-electron chi connectivity index (χ3n) is 4.25. The minimum atomic E-state index is -3.79. The van der Waals surface area contributed by atoms with Crippen LogP contribution in [0.4, 0.5) is 20.2 Å². The molecule has 0 saturated carbocycles. The van der Waals surface area contributed by atoms with Gasteiger partial charge in [-0.3, -0.25) is 4.79 Å². The van der Waals surface area contributed by atoms with Gasteiger partial charge in [-0.15, -0.1) is 0 Å². The number of anilines is 2. The molecule has 1 atom stereocenters. The lowest BCUT2D eigenvalue weighted by atomic mass is 10.1. The summed E-state index contributed by atoms with van der Waals surface area (Å²) in [5.41, 5.74) is 1.68. The molecule has 0 spiro atoms. The fraction of sp³-hybridized carbons (Fsp3) is 0.235. The summed E-state index contributed by atoms with van der Waals surface area (Å²) >= 11 is 0. The van der Waals surface area contributed by atoms with Crippen LogP contribution in [0.15, 0.2) is 41.3 Å². The van der Waals surface area contributed by atoms with Crippen LogP contribution in [-0.2, 0) is 21.2 Å². The second-order valence-electron chi connectivity index (χ2n) is 6.19. The van der Waals surface area contributed by atoms with E-state index in [2.05, 4.69) is 5.32 Å². The van der Waals surface area contributed by atoms with Crippen LogP contribution in [0.1, 0.15) is 12.5 Å². The summed E-state index contributed by atoms with van der Waals surface area (Å²) in [7, 11) is -3.79. The second kappa shape index (κ2) is 6.65. The van der Waals surface area contributed by atoms with E-state index in [1.165, 1.54) is 18.2 Å². The summed E-state index contributed by atoms with van der Waals surface area (Å²) < 4.78 is 49.1. The zero-order valence-corrected chi connectivity index (χ0v) is 14.7. The molecule has 2 aromatic carbocycles. The van der Waals surface area contributed by atoms with Crippen molar-refractivity contribution in [2.45, 2.75) is 24.3 Å². The lowest BCUT2D eigenvalue weighted by Crippen LogP contribution is -2.37. The maximum Gasteiger partial charge on any atom is 0.243 e. The van der Waals surface area contributed by atoms with Crippen LogP contribution in [0.5, 0.6) is 0 Å². The van der Waals surface area contributed by atoms with E-state index in [0.717, 1.165) is 23.4 Å². The molecule has 26 heavy (non-hydrogen) atoms. The molecule has 2 aromatic rings. The number of carbonyl (C=O) groups is 1. The van der Waals surface area contributed by atoms with Gasteiger partial charge in [-0.1, -0.05) is 0 Å². The zero-order valence-electron chi connectivity index (χ0n) is 13.9. The van der Waals surface area contributed by atoms with Crippen molar-refractivity contribution in [1.82, 2.24) is 0 Å². The summed E-state index contributed by atoms with van der Waals surface area (Å²) in [5.74, 6) is -2.43. The van der Waals surface area contributed by atoms with Gasteiger partial charge in [-0.25, -0.2) is 22.3 Å². The van der Waals surface area contributed by atoms with Gasteiger partial charge in [0, 0.05) is 23.5 Å². The first-order valence-corrected chi connectivity index (χ1v) is 9.37. The Hall–Kier alpha value is -2.52. The van der Waals surface area contributed by atoms with Crippen molar-refractivity contribution >= 4 is 27.3 Å². The smallest absolute Gasteiger partial charge is 0.243 e. The number of rotatable bonds is 4.